The SMILES string of the molecule is CCN(CC)C(=O)c1ccc(NC(=O)C2(N)CCOCC2)cc1. The average Bonchev–Trinajstić information content (AvgIpc) is 2.57. The van der Waals surface area contributed by atoms with Crippen LogP contribution >= 0.6 is 0 Å². The Bertz CT molecular complexity index is 547. The number of carbonyl (C=O) groups excluding carboxylic acids is 2. The number of nitrogens with one attached hydrogen (secondary N) is 1. The fourth-order valence-corrected chi connectivity index (χ4v) is 2.61. The van der Waals surface area contributed by atoms with Gasteiger partial charge in [0, 0.05) is 37.6 Å². The van der Waals surface area contributed by atoms with Gasteiger partial charge in [0.1, 0.15) is 5.54 Å². The largest absolute Gasteiger partial charge is 0.381 e. The summed E-state index contributed by atoms with van der Waals surface area (Å²) in [5, 5.41) is 2.83. The second kappa shape index (κ2) is 7.57. The van der Waals surface area contributed by atoms with Crippen LogP contribution in [0.5, 0.6) is 0 Å². The van der Waals surface area contributed by atoms with Gasteiger partial charge in [-0.15, -0.1) is 0 Å². The first-order valence-electron chi connectivity index (χ1n) is 8.07. The summed E-state index contributed by atoms with van der Waals surface area (Å²) < 4.78 is 5.25. The second-order valence-corrected chi connectivity index (χ2v) is 5.78. The van der Waals surface area contributed by atoms with Crippen LogP contribution in [0.4, 0.5) is 5.69 Å². The number of rotatable bonds is 5. The molecule has 0 unspecified atom stereocenters. The molecule has 0 aromatic heterocycles. The molecule has 0 atom stereocenters. The monoisotopic (exact) mass is 319 g/mol. The minimum atomic E-state index is -0.881. The van der Waals surface area contributed by atoms with Crippen LogP contribution in [0.2, 0.25) is 0 Å². The molecular weight excluding hydrogens is 294 g/mol. The fraction of sp³-hybridized carbons (Fsp3) is 0.529. The highest BCUT2D eigenvalue weighted by molar-refractivity contribution is 5.99. The first-order chi connectivity index (χ1) is 11.0. The number of nitrogens with zero attached hydrogens (tertiary/aromatic N) is 1. The van der Waals surface area contributed by atoms with Gasteiger partial charge in [-0.2, -0.15) is 0 Å². The fourth-order valence-electron chi connectivity index (χ4n) is 2.61. The van der Waals surface area contributed by atoms with Crippen LogP contribution in [0, 0.1) is 0 Å². The third-order valence-electron chi connectivity index (χ3n) is 4.28. The molecule has 1 aromatic carbocycles. The van der Waals surface area contributed by atoms with E-state index in [-0.39, 0.29) is 11.8 Å². The van der Waals surface area contributed by atoms with E-state index in [1.165, 1.54) is 0 Å². The van der Waals surface area contributed by atoms with Gasteiger partial charge in [-0.05, 0) is 51.0 Å². The molecule has 1 fully saturated rings. The first-order valence-corrected chi connectivity index (χ1v) is 8.07. The van der Waals surface area contributed by atoms with Gasteiger partial charge in [0.05, 0.1) is 0 Å². The zero-order chi connectivity index (χ0) is 16.9. The Balaban J connectivity index is 2.02. The normalized spacial score (nSPS) is 16.7. The van der Waals surface area contributed by atoms with Crippen molar-refractivity contribution in [3.8, 4) is 0 Å². The standard InChI is InChI=1S/C17H25N3O3/c1-3-20(4-2)15(21)13-5-7-14(8-6-13)19-16(22)17(18)9-11-23-12-10-17/h5-8H,3-4,9-12,18H2,1-2H3,(H,19,22). The Hall–Kier alpha value is -1.92. The number of hydrogen-bond acceptors (Lipinski definition) is 4. The summed E-state index contributed by atoms with van der Waals surface area (Å²) in [5.74, 6) is -0.212. The third kappa shape index (κ3) is 4.09. The maximum atomic E-state index is 12.3. The van der Waals surface area contributed by atoms with Crippen molar-refractivity contribution < 1.29 is 14.3 Å². The molecule has 1 aromatic rings. The predicted octanol–water partition coefficient (Wildman–Crippen LogP) is 1.61. The van der Waals surface area contributed by atoms with Crippen LogP contribution in [0.15, 0.2) is 24.3 Å². The van der Waals surface area contributed by atoms with Gasteiger partial charge in [0.15, 0.2) is 0 Å². The minimum Gasteiger partial charge on any atom is -0.381 e. The molecule has 0 bridgehead atoms. The molecule has 1 heterocycles. The number of carbonyl (C=O) groups is 2. The molecule has 0 saturated carbocycles. The van der Waals surface area contributed by atoms with E-state index in [0.29, 0.717) is 50.4 Å². The Morgan fingerprint density at radius 3 is 2.26 bits per heavy atom. The molecule has 0 radical (unpaired) electrons. The Morgan fingerprint density at radius 1 is 1.17 bits per heavy atom. The van der Waals surface area contributed by atoms with E-state index in [1.807, 2.05) is 13.8 Å². The van der Waals surface area contributed by atoms with Crippen molar-refractivity contribution in [1.82, 2.24) is 4.90 Å². The van der Waals surface area contributed by atoms with E-state index in [0.717, 1.165) is 0 Å². The first kappa shape index (κ1) is 17.4. The van der Waals surface area contributed by atoms with Crippen LogP contribution in [0.25, 0.3) is 0 Å². The van der Waals surface area contributed by atoms with Crippen molar-refractivity contribution >= 4 is 17.5 Å². The van der Waals surface area contributed by atoms with E-state index in [2.05, 4.69) is 5.32 Å². The Kier molecular flexibility index (Phi) is 5.74. The van der Waals surface area contributed by atoms with Gasteiger partial charge in [-0.25, -0.2) is 0 Å². The van der Waals surface area contributed by atoms with Gasteiger partial charge in [0.2, 0.25) is 5.91 Å². The summed E-state index contributed by atoms with van der Waals surface area (Å²) in [4.78, 5) is 26.3. The molecule has 6 nitrogen and oxygen atoms in total. The lowest BCUT2D eigenvalue weighted by Gasteiger charge is -2.31. The Morgan fingerprint density at radius 2 is 1.74 bits per heavy atom. The molecular formula is C17H25N3O3. The van der Waals surface area contributed by atoms with Crippen molar-refractivity contribution in [2.45, 2.75) is 32.2 Å². The summed E-state index contributed by atoms with van der Waals surface area (Å²) in [5.41, 5.74) is 6.52. The lowest BCUT2D eigenvalue weighted by atomic mass is 9.90. The molecule has 0 aliphatic carbocycles. The predicted molar refractivity (Wildman–Crippen MR) is 89.3 cm³/mol. The maximum absolute atomic E-state index is 12.3. The number of amides is 2. The topological polar surface area (TPSA) is 84.7 Å². The molecule has 126 valence electrons. The highest BCUT2D eigenvalue weighted by atomic mass is 16.5. The second-order valence-electron chi connectivity index (χ2n) is 5.78. The van der Waals surface area contributed by atoms with E-state index in [9.17, 15) is 9.59 Å². The molecule has 1 aliphatic heterocycles. The average molecular weight is 319 g/mol. The van der Waals surface area contributed by atoms with E-state index in [4.69, 9.17) is 10.5 Å². The number of hydrogen-bond donors (Lipinski definition) is 2. The summed E-state index contributed by atoms with van der Waals surface area (Å²) in [6.07, 6.45) is 1.02. The number of ether oxygens (including phenoxy) is 1. The summed E-state index contributed by atoms with van der Waals surface area (Å²) in [7, 11) is 0. The molecule has 1 saturated heterocycles. The van der Waals surface area contributed by atoms with E-state index < -0.39 is 5.54 Å². The zero-order valence-corrected chi connectivity index (χ0v) is 13.8. The molecule has 3 N–H and O–H groups in total. The lowest BCUT2D eigenvalue weighted by Crippen LogP contribution is -2.54. The molecule has 2 rings (SSSR count). The van der Waals surface area contributed by atoms with Crippen LogP contribution in [-0.2, 0) is 9.53 Å². The molecule has 1 aliphatic rings. The minimum absolute atomic E-state index is 0.00685. The van der Waals surface area contributed by atoms with Crippen molar-refractivity contribution in [1.29, 1.82) is 0 Å². The van der Waals surface area contributed by atoms with Crippen LogP contribution < -0.4 is 11.1 Å². The van der Waals surface area contributed by atoms with Gasteiger partial charge in [-0.1, -0.05) is 0 Å². The van der Waals surface area contributed by atoms with Crippen LogP contribution in [-0.4, -0.2) is 48.6 Å². The molecule has 2 amide bonds. The van der Waals surface area contributed by atoms with Crippen LogP contribution in [0.3, 0.4) is 0 Å². The molecule has 0 spiro atoms. The molecule has 6 heteroatoms. The number of benzene rings is 1. The number of anilines is 1. The quantitative estimate of drug-likeness (QED) is 0.863. The zero-order valence-electron chi connectivity index (χ0n) is 13.8. The number of nitrogens with two attached hydrogens (primary N) is 1. The summed E-state index contributed by atoms with van der Waals surface area (Å²) >= 11 is 0. The van der Waals surface area contributed by atoms with Crippen molar-refractivity contribution in [3.63, 3.8) is 0 Å². The highest BCUT2D eigenvalue weighted by Crippen LogP contribution is 2.20. The Labute approximate surface area is 137 Å². The van der Waals surface area contributed by atoms with Gasteiger partial charge in [0.25, 0.3) is 5.91 Å². The smallest absolute Gasteiger partial charge is 0.253 e. The van der Waals surface area contributed by atoms with E-state index >= 15 is 0 Å². The van der Waals surface area contributed by atoms with Crippen molar-refractivity contribution in [2.24, 2.45) is 5.73 Å². The van der Waals surface area contributed by atoms with Crippen molar-refractivity contribution in [3.05, 3.63) is 29.8 Å². The summed E-state index contributed by atoms with van der Waals surface area (Å²) in [6.45, 7) is 6.24. The van der Waals surface area contributed by atoms with Crippen LogP contribution in [0.1, 0.15) is 37.0 Å². The van der Waals surface area contributed by atoms with Gasteiger partial charge < -0.3 is 20.7 Å². The van der Waals surface area contributed by atoms with Crippen molar-refractivity contribution in [2.75, 3.05) is 31.6 Å². The summed E-state index contributed by atoms with van der Waals surface area (Å²) in [6, 6.07) is 6.92. The molecule has 23 heavy (non-hydrogen) atoms. The van der Waals surface area contributed by atoms with Gasteiger partial charge >= 0.3 is 0 Å². The highest BCUT2D eigenvalue weighted by Gasteiger charge is 2.35. The maximum Gasteiger partial charge on any atom is 0.253 e. The lowest BCUT2D eigenvalue weighted by molar-refractivity contribution is -0.124. The van der Waals surface area contributed by atoms with Gasteiger partial charge in [-0.3, -0.25) is 9.59 Å². The third-order valence-corrected chi connectivity index (χ3v) is 4.28. The van der Waals surface area contributed by atoms with E-state index in [1.54, 1.807) is 29.2 Å².